The van der Waals surface area contributed by atoms with Gasteiger partial charge in [-0.1, -0.05) is 18.2 Å². The normalized spacial score (nSPS) is 24.8. The molecule has 4 nitrogen and oxygen atoms in total. The first-order chi connectivity index (χ1) is 10.3. The van der Waals surface area contributed by atoms with Gasteiger partial charge in [-0.3, -0.25) is 4.79 Å². The molecule has 4 heteroatoms. The lowest BCUT2D eigenvalue weighted by atomic mass is 9.66. The van der Waals surface area contributed by atoms with E-state index in [4.69, 9.17) is 4.74 Å². The first kappa shape index (κ1) is 14.4. The molecule has 1 aliphatic heterocycles. The number of methoxy groups -OCH3 is 1. The highest BCUT2D eigenvalue weighted by atomic mass is 16.5. The Bertz CT molecular complexity index is 493. The van der Waals surface area contributed by atoms with E-state index in [-0.39, 0.29) is 11.8 Å². The quantitative estimate of drug-likeness (QED) is 0.836. The van der Waals surface area contributed by atoms with Gasteiger partial charge in [0.2, 0.25) is 5.91 Å². The summed E-state index contributed by atoms with van der Waals surface area (Å²) in [7, 11) is 1.68. The van der Waals surface area contributed by atoms with E-state index in [0.717, 1.165) is 55.5 Å². The molecule has 1 aromatic carbocycles. The van der Waals surface area contributed by atoms with Crippen LogP contribution < -0.4 is 15.4 Å². The number of hydrogen-bond donors (Lipinski definition) is 2. The zero-order chi connectivity index (χ0) is 14.7. The molecular formula is C17H24N2O2. The van der Waals surface area contributed by atoms with Crippen molar-refractivity contribution < 1.29 is 9.53 Å². The van der Waals surface area contributed by atoms with Gasteiger partial charge in [-0.25, -0.2) is 0 Å². The van der Waals surface area contributed by atoms with Crippen LogP contribution in [0.2, 0.25) is 0 Å². The molecule has 2 aliphatic rings. The minimum atomic E-state index is 0.230. The number of carbonyl (C=O) groups excluding carboxylic acids is 1. The van der Waals surface area contributed by atoms with Gasteiger partial charge in [0.15, 0.2) is 0 Å². The summed E-state index contributed by atoms with van der Waals surface area (Å²) in [5.74, 6) is 2.97. The van der Waals surface area contributed by atoms with E-state index in [2.05, 4.69) is 10.6 Å². The van der Waals surface area contributed by atoms with Crippen LogP contribution in [0.3, 0.4) is 0 Å². The fraction of sp³-hybridized carbons (Fsp3) is 0.588. The van der Waals surface area contributed by atoms with Crippen molar-refractivity contribution in [3.05, 3.63) is 29.8 Å². The first-order valence-electron chi connectivity index (χ1n) is 7.88. The zero-order valence-corrected chi connectivity index (χ0v) is 12.6. The third-order valence-corrected chi connectivity index (χ3v) is 4.91. The molecule has 1 saturated heterocycles. The van der Waals surface area contributed by atoms with Gasteiger partial charge in [0, 0.05) is 12.5 Å². The van der Waals surface area contributed by atoms with Gasteiger partial charge in [-0.15, -0.1) is 0 Å². The largest absolute Gasteiger partial charge is 0.496 e. The van der Waals surface area contributed by atoms with Crippen LogP contribution in [0.25, 0.3) is 0 Å². The fourth-order valence-corrected chi connectivity index (χ4v) is 3.28. The minimum absolute atomic E-state index is 0.230. The maximum Gasteiger partial charge on any atom is 0.223 e. The Morgan fingerprint density at radius 3 is 2.71 bits per heavy atom. The number of hydrogen-bond acceptors (Lipinski definition) is 3. The van der Waals surface area contributed by atoms with Crippen LogP contribution in [0.15, 0.2) is 24.3 Å². The monoisotopic (exact) mass is 288 g/mol. The molecule has 0 bridgehead atoms. The molecule has 114 valence electrons. The highest BCUT2D eigenvalue weighted by molar-refractivity contribution is 5.79. The van der Waals surface area contributed by atoms with Gasteiger partial charge in [-0.2, -0.15) is 0 Å². The molecular weight excluding hydrogens is 264 g/mol. The summed E-state index contributed by atoms with van der Waals surface area (Å²) in [5, 5.41) is 6.38. The number of benzene rings is 1. The Kier molecular flexibility index (Phi) is 4.44. The van der Waals surface area contributed by atoms with Crippen LogP contribution in [-0.4, -0.2) is 32.7 Å². The standard InChI is InChI=1S/C17H24N2O2/c1-21-16-5-3-2-4-12(16)6-7-19-17(20)14-8-13(9-14)15-10-18-11-15/h2-5,13-15,18H,6-11H2,1H3,(H,19,20). The van der Waals surface area contributed by atoms with Crippen LogP contribution >= 0.6 is 0 Å². The van der Waals surface area contributed by atoms with Gasteiger partial charge in [0.25, 0.3) is 0 Å². The highest BCUT2D eigenvalue weighted by Crippen LogP contribution is 2.40. The summed E-state index contributed by atoms with van der Waals surface area (Å²) in [6.07, 6.45) is 2.97. The number of ether oxygens (including phenoxy) is 1. The van der Waals surface area contributed by atoms with Crippen molar-refractivity contribution in [2.75, 3.05) is 26.7 Å². The molecule has 1 heterocycles. The molecule has 1 aliphatic carbocycles. The molecule has 0 atom stereocenters. The first-order valence-corrected chi connectivity index (χ1v) is 7.88. The van der Waals surface area contributed by atoms with E-state index in [9.17, 15) is 4.79 Å². The second-order valence-corrected chi connectivity index (χ2v) is 6.20. The molecule has 0 aromatic heterocycles. The predicted octanol–water partition coefficient (Wildman–Crippen LogP) is 1.60. The molecule has 1 amide bonds. The van der Waals surface area contributed by atoms with Crippen molar-refractivity contribution in [2.45, 2.75) is 19.3 Å². The number of carbonyl (C=O) groups is 1. The molecule has 1 saturated carbocycles. The average Bonchev–Trinajstić information content (AvgIpc) is 2.40. The lowest BCUT2D eigenvalue weighted by molar-refractivity contribution is -0.130. The molecule has 1 aromatic rings. The summed E-state index contributed by atoms with van der Waals surface area (Å²) in [6, 6.07) is 7.97. The Balaban J connectivity index is 1.38. The van der Waals surface area contributed by atoms with Gasteiger partial charge >= 0.3 is 0 Å². The molecule has 0 radical (unpaired) electrons. The van der Waals surface area contributed by atoms with Crippen molar-refractivity contribution in [3.8, 4) is 5.75 Å². The van der Waals surface area contributed by atoms with E-state index < -0.39 is 0 Å². The van der Waals surface area contributed by atoms with Crippen LogP contribution in [-0.2, 0) is 11.2 Å². The van der Waals surface area contributed by atoms with E-state index in [0.29, 0.717) is 6.54 Å². The fourth-order valence-electron chi connectivity index (χ4n) is 3.28. The van der Waals surface area contributed by atoms with Crippen molar-refractivity contribution in [1.82, 2.24) is 10.6 Å². The summed E-state index contributed by atoms with van der Waals surface area (Å²) in [6.45, 7) is 2.98. The number of para-hydroxylation sites is 1. The van der Waals surface area contributed by atoms with Crippen LogP contribution in [0.4, 0.5) is 0 Å². The van der Waals surface area contributed by atoms with Gasteiger partial charge in [0.1, 0.15) is 5.75 Å². The van der Waals surface area contributed by atoms with Gasteiger partial charge < -0.3 is 15.4 Å². The Hall–Kier alpha value is -1.55. The molecule has 0 spiro atoms. The minimum Gasteiger partial charge on any atom is -0.496 e. The summed E-state index contributed by atoms with van der Waals surface area (Å²) in [5.41, 5.74) is 1.15. The maximum absolute atomic E-state index is 12.1. The molecule has 0 unspecified atom stereocenters. The van der Waals surface area contributed by atoms with E-state index >= 15 is 0 Å². The Morgan fingerprint density at radius 1 is 1.29 bits per heavy atom. The second-order valence-electron chi connectivity index (χ2n) is 6.20. The molecule has 21 heavy (non-hydrogen) atoms. The third-order valence-electron chi connectivity index (χ3n) is 4.91. The average molecular weight is 288 g/mol. The number of rotatable bonds is 6. The highest BCUT2D eigenvalue weighted by Gasteiger charge is 2.40. The SMILES string of the molecule is COc1ccccc1CCNC(=O)C1CC(C2CNC2)C1. The van der Waals surface area contributed by atoms with Crippen LogP contribution in [0.1, 0.15) is 18.4 Å². The van der Waals surface area contributed by atoms with Crippen molar-refractivity contribution in [1.29, 1.82) is 0 Å². The topological polar surface area (TPSA) is 50.4 Å². The summed E-state index contributed by atoms with van der Waals surface area (Å²) in [4.78, 5) is 12.1. The second kappa shape index (κ2) is 6.48. The third kappa shape index (κ3) is 3.21. The number of nitrogens with one attached hydrogen (secondary N) is 2. The maximum atomic E-state index is 12.1. The van der Waals surface area contributed by atoms with E-state index in [1.54, 1.807) is 7.11 Å². The van der Waals surface area contributed by atoms with Crippen LogP contribution in [0.5, 0.6) is 5.75 Å². The Labute approximate surface area is 126 Å². The lowest BCUT2D eigenvalue weighted by Crippen LogP contribution is -2.51. The summed E-state index contributed by atoms with van der Waals surface area (Å²) < 4.78 is 5.32. The zero-order valence-electron chi connectivity index (χ0n) is 12.6. The van der Waals surface area contributed by atoms with E-state index in [1.165, 1.54) is 0 Å². The lowest BCUT2D eigenvalue weighted by Gasteiger charge is -2.43. The van der Waals surface area contributed by atoms with Crippen molar-refractivity contribution >= 4 is 5.91 Å². The van der Waals surface area contributed by atoms with Gasteiger partial charge in [-0.05, 0) is 55.8 Å². The van der Waals surface area contributed by atoms with Gasteiger partial charge in [0.05, 0.1) is 7.11 Å². The van der Waals surface area contributed by atoms with Crippen LogP contribution in [0, 0.1) is 17.8 Å². The smallest absolute Gasteiger partial charge is 0.223 e. The van der Waals surface area contributed by atoms with Crippen molar-refractivity contribution in [2.24, 2.45) is 17.8 Å². The van der Waals surface area contributed by atoms with Crippen molar-refractivity contribution in [3.63, 3.8) is 0 Å². The van der Waals surface area contributed by atoms with E-state index in [1.807, 2.05) is 24.3 Å². The predicted molar refractivity (Wildman–Crippen MR) is 82.3 cm³/mol. The molecule has 2 N–H and O–H groups in total. The molecule has 3 rings (SSSR count). The molecule has 2 fully saturated rings. The Morgan fingerprint density at radius 2 is 2.05 bits per heavy atom. The number of amides is 1. The summed E-state index contributed by atoms with van der Waals surface area (Å²) >= 11 is 0.